The normalized spacial score (nSPS) is 24.8. The van der Waals surface area contributed by atoms with Crippen LogP contribution in [0.15, 0.2) is 30.3 Å². The number of rotatable bonds is 4. The highest BCUT2D eigenvalue weighted by Crippen LogP contribution is 2.22. The van der Waals surface area contributed by atoms with E-state index in [9.17, 15) is 4.79 Å². The van der Waals surface area contributed by atoms with E-state index in [1.807, 2.05) is 23.1 Å². The first-order valence-corrected chi connectivity index (χ1v) is 8.00. The van der Waals surface area contributed by atoms with Gasteiger partial charge in [0.15, 0.2) is 0 Å². The summed E-state index contributed by atoms with van der Waals surface area (Å²) < 4.78 is 5.82. The smallest absolute Gasteiger partial charge is 0.222 e. The first kappa shape index (κ1) is 17.3. The molecule has 5 heteroatoms. The van der Waals surface area contributed by atoms with Gasteiger partial charge in [0.25, 0.3) is 0 Å². The number of ether oxygens (including phenoxy) is 1. The molecule has 2 fully saturated rings. The maximum atomic E-state index is 12.4. The fourth-order valence-electron chi connectivity index (χ4n) is 3.20. The van der Waals surface area contributed by atoms with Gasteiger partial charge in [0.05, 0.1) is 13.2 Å². The molecule has 2 unspecified atom stereocenters. The topological polar surface area (TPSA) is 41.6 Å². The van der Waals surface area contributed by atoms with E-state index < -0.39 is 0 Å². The Kier molecular flexibility index (Phi) is 6.68. The summed E-state index contributed by atoms with van der Waals surface area (Å²) in [5.41, 5.74) is 1.16. The van der Waals surface area contributed by atoms with Crippen molar-refractivity contribution in [2.45, 2.75) is 37.8 Å². The van der Waals surface area contributed by atoms with Crippen molar-refractivity contribution in [3.8, 4) is 0 Å². The number of nitrogens with zero attached hydrogens (tertiary/aromatic N) is 1. The number of amides is 1. The fraction of sp³-hybridized carbons (Fsp3) is 0.588. The van der Waals surface area contributed by atoms with Gasteiger partial charge < -0.3 is 15.0 Å². The van der Waals surface area contributed by atoms with Gasteiger partial charge in [-0.1, -0.05) is 30.3 Å². The number of carbonyl (C=O) groups is 1. The van der Waals surface area contributed by atoms with Crippen LogP contribution >= 0.6 is 12.4 Å². The second kappa shape index (κ2) is 8.51. The zero-order valence-corrected chi connectivity index (χ0v) is 13.7. The van der Waals surface area contributed by atoms with E-state index in [4.69, 9.17) is 4.74 Å². The molecule has 122 valence electrons. The molecule has 3 rings (SSSR count). The minimum Gasteiger partial charge on any atom is -0.370 e. The molecule has 1 aromatic rings. The van der Waals surface area contributed by atoms with Crippen molar-refractivity contribution < 1.29 is 9.53 Å². The number of hydrogen-bond acceptors (Lipinski definition) is 3. The summed E-state index contributed by atoms with van der Waals surface area (Å²) in [5.74, 6) is 0.271. The maximum Gasteiger partial charge on any atom is 0.222 e. The average Bonchev–Trinajstić information content (AvgIpc) is 3.07. The second-order valence-electron chi connectivity index (χ2n) is 5.94. The van der Waals surface area contributed by atoms with E-state index in [0.29, 0.717) is 25.6 Å². The second-order valence-corrected chi connectivity index (χ2v) is 5.94. The monoisotopic (exact) mass is 324 g/mol. The molecule has 0 saturated carbocycles. The molecule has 2 atom stereocenters. The van der Waals surface area contributed by atoms with Crippen LogP contribution in [0.5, 0.6) is 0 Å². The number of halogens is 1. The van der Waals surface area contributed by atoms with E-state index in [1.165, 1.54) is 12.8 Å². The third-order valence-electron chi connectivity index (χ3n) is 4.46. The van der Waals surface area contributed by atoms with Crippen molar-refractivity contribution in [1.29, 1.82) is 0 Å². The molecule has 22 heavy (non-hydrogen) atoms. The molecule has 1 amide bonds. The lowest BCUT2D eigenvalue weighted by molar-refractivity contribution is -0.139. The number of carbonyl (C=O) groups excluding carboxylic acids is 1. The molecule has 1 aromatic carbocycles. The number of nitrogens with one attached hydrogen (secondary N) is 1. The van der Waals surface area contributed by atoms with Crippen LogP contribution in [-0.2, 0) is 9.53 Å². The Hall–Kier alpha value is -1.10. The van der Waals surface area contributed by atoms with Crippen molar-refractivity contribution in [3.63, 3.8) is 0 Å². The van der Waals surface area contributed by atoms with Gasteiger partial charge in [0.2, 0.25) is 5.91 Å². The lowest BCUT2D eigenvalue weighted by Gasteiger charge is -2.33. The van der Waals surface area contributed by atoms with Crippen LogP contribution in [0.4, 0.5) is 0 Å². The van der Waals surface area contributed by atoms with Crippen molar-refractivity contribution in [3.05, 3.63) is 35.9 Å². The minimum absolute atomic E-state index is 0. The molecule has 2 saturated heterocycles. The van der Waals surface area contributed by atoms with Gasteiger partial charge >= 0.3 is 0 Å². The van der Waals surface area contributed by atoms with Crippen molar-refractivity contribution in [1.82, 2.24) is 10.2 Å². The van der Waals surface area contributed by atoms with Crippen LogP contribution in [-0.4, -0.2) is 43.1 Å². The predicted octanol–water partition coefficient (Wildman–Crippen LogP) is 2.54. The number of hydrogen-bond donors (Lipinski definition) is 1. The molecule has 2 aliphatic rings. The lowest BCUT2D eigenvalue weighted by Crippen LogP contribution is -2.42. The third-order valence-corrected chi connectivity index (χ3v) is 4.46. The highest BCUT2D eigenvalue weighted by Gasteiger charge is 2.25. The van der Waals surface area contributed by atoms with E-state index >= 15 is 0 Å². The summed E-state index contributed by atoms with van der Waals surface area (Å²) in [5, 5.41) is 3.45. The first-order valence-electron chi connectivity index (χ1n) is 8.00. The standard InChI is InChI=1S/C17H24N2O2.ClH/c20-17(9-8-15-7-4-10-18-15)19-11-12-21-16(13-19)14-5-2-1-3-6-14;/h1-3,5-6,15-16,18H,4,7-13H2;1H. The summed E-state index contributed by atoms with van der Waals surface area (Å²) in [6.07, 6.45) is 4.09. The van der Waals surface area contributed by atoms with Gasteiger partial charge in [-0.05, 0) is 31.4 Å². The van der Waals surface area contributed by atoms with Crippen LogP contribution in [0.3, 0.4) is 0 Å². The van der Waals surface area contributed by atoms with Gasteiger partial charge in [-0.15, -0.1) is 12.4 Å². The summed E-state index contributed by atoms with van der Waals surface area (Å²) in [7, 11) is 0. The molecule has 0 aromatic heterocycles. The van der Waals surface area contributed by atoms with Crippen molar-refractivity contribution in [2.24, 2.45) is 0 Å². The van der Waals surface area contributed by atoms with Crippen LogP contribution in [0.1, 0.15) is 37.4 Å². The summed E-state index contributed by atoms with van der Waals surface area (Å²) in [4.78, 5) is 14.3. The Labute approximate surface area is 138 Å². The molecular weight excluding hydrogens is 300 g/mol. The summed E-state index contributed by atoms with van der Waals surface area (Å²) in [6.45, 7) is 3.14. The first-order chi connectivity index (χ1) is 10.3. The average molecular weight is 325 g/mol. The summed E-state index contributed by atoms with van der Waals surface area (Å²) >= 11 is 0. The maximum absolute atomic E-state index is 12.4. The number of morpholine rings is 1. The van der Waals surface area contributed by atoms with Crippen LogP contribution in [0, 0.1) is 0 Å². The van der Waals surface area contributed by atoms with Crippen LogP contribution in [0.25, 0.3) is 0 Å². The van der Waals surface area contributed by atoms with Gasteiger partial charge in [-0.25, -0.2) is 0 Å². The Morgan fingerprint density at radius 1 is 1.32 bits per heavy atom. The highest BCUT2D eigenvalue weighted by molar-refractivity contribution is 5.85. The molecule has 2 heterocycles. The Bertz CT molecular complexity index is 463. The summed E-state index contributed by atoms with van der Waals surface area (Å²) in [6, 6.07) is 10.7. The van der Waals surface area contributed by atoms with Crippen molar-refractivity contribution in [2.75, 3.05) is 26.2 Å². The molecule has 0 spiro atoms. The van der Waals surface area contributed by atoms with E-state index in [-0.39, 0.29) is 24.4 Å². The molecule has 0 aliphatic carbocycles. The van der Waals surface area contributed by atoms with Crippen LogP contribution in [0.2, 0.25) is 0 Å². The molecular formula is C17H25ClN2O2. The molecule has 2 aliphatic heterocycles. The third kappa shape index (κ3) is 4.45. The molecule has 0 radical (unpaired) electrons. The quantitative estimate of drug-likeness (QED) is 0.925. The zero-order chi connectivity index (χ0) is 14.5. The van der Waals surface area contributed by atoms with E-state index in [2.05, 4.69) is 17.4 Å². The largest absolute Gasteiger partial charge is 0.370 e. The highest BCUT2D eigenvalue weighted by atomic mass is 35.5. The predicted molar refractivity (Wildman–Crippen MR) is 89.2 cm³/mol. The van der Waals surface area contributed by atoms with Gasteiger partial charge in [-0.2, -0.15) is 0 Å². The Morgan fingerprint density at radius 2 is 2.14 bits per heavy atom. The molecule has 1 N–H and O–H groups in total. The van der Waals surface area contributed by atoms with Crippen molar-refractivity contribution >= 4 is 18.3 Å². The number of benzene rings is 1. The zero-order valence-electron chi connectivity index (χ0n) is 12.9. The lowest BCUT2D eigenvalue weighted by atomic mass is 10.1. The van der Waals surface area contributed by atoms with E-state index in [0.717, 1.165) is 25.1 Å². The van der Waals surface area contributed by atoms with Crippen LogP contribution < -0.4 is 5.32 Å². The molecule has 4 nitrogen and oxygen atoms in total. The van der Waals surface area contributed by atoms with Gasteiger partial charge in [0, 0.05) is 19.0 Å². The van der Waals surface area contributed by atoms with Gasteiger partial charge in [-0.3, -0.25) is 4.79 Å². The molecule has 0 bridgehead atoms. The van der Waals surface area contributed by atoms with Gasteiger partial charge in [0.1, 0.15) is 6.10 Å². The van der Waals surface area contributed by atoms with E-state index in [1.54, 1.807) is 0 Å². The Balaban J connectivity index is 0.00000176. The fourth-order valence-corrected chi connectivity index (χ4v) is 3.20. The SMILES string of the molecule is Cl.O=C(CCC1CCCN1)N1CCOC(c2ccccc2)C1. The minimum atomic E-state index is 0. The Morgan fingerprint density at radius 3 is 2.86 bits per heavy atom.